The number of halogens is 1. The van der Waals surface area contributed by atoms with E-state index in [1.54, 1.807) is 11.8 Å². The smallest absolute Gasteiger partial charge is 0.326 e. The number of thioether (sulfide) groups is 1. The number of hydrogen-bond donors (Lipinski definition) is 1. The Morgan fingerprint density at radius 2 is 2.00 bits per heavy atom. The van der Waals surface area contributed by atoms with E-state index in [0.717, 1.165) is 35.1 Å². The van der Waals surface area contributed by atoms with Crippen molar-refractivity contribution in [3.63, 3.8) is 0 Å². The maximum atomic E-state index is 12.1. The SMILES string of the molecule is CCCNC(C)(CCSc1ccc(Cl)cc1)C(=O)OCC. The molecule has 0 fully saturated rings. The Labute approximate surface area is 136 Å². The third kappa shape index (κ3) is 6.29. The summed E-state index contributed by atoms with van der Waals surface area (Å²) < 4.78 is 5.19. The fourth-order valence-corrected chi connectivity index (χ4v) is 3.06. The second-order valence-electron chi connectivity index (χ2n) is 5.03. The quantitative estimate of drug-likeness (QED) is 0.546. The van der Waals surface area contributed by atoms with Crippen LogP contribution in [0.5, 0.6) is 0 Å². The molecule has 0 aromatic heterocycles. The van der Waals surface area contributed by atoms with Gasteiger partial charge in [-0.1, -0.05) is 18.5 Å². The number of carbonyl (C=O) groups excluding carboxylic acids is 1. The first-order valence-corrected chi connectivity index (χ1v) is 8.68. The minimum absolute atomic E-state index is 0.171. The van der Waals surface area contributed by atoms with Gasteiger partial charge in [0, 0.05) is 15.7 Å². The molecule has 0 saturated carbocycles. The number of rotatable bonds is 9. The maximum Gasteiger partial charge on any atom is 0.326 e. The molecule has 1 N–H and O–H groups in total. The van der Waals surface area contributed by atoms with Crippen molar-refractivity contribution in [2.24, 2.45) is 0 Å². The van der Waals surface area contributed by atoms with Crippen LogP contribution in [0.1, 0.15) is 33.6 Å². The average molecular weight is 330 g/mol. The van der Waals surface area contributed by atoms with Gasteiger partial charge < -0.3 is 10.1 Å². The predicted molar refractivity (Wildman–Crippen MR) is 90.1 cm³/mol. The van der Waals surface area contributed by atoms with Gasteiger partial charge in [-0.15, -0.1) is 11.8 Å². The van der Waals surface area contributed by atoms with Gasteiger partial charge in [0.05, 0.1) is 6.61 Å². The van der Waals surface area contributed by atoms with Crippen molar-refractivity contribution in [2.75, 3.05) is 18.9 Å². The zero-order chi connectivity index (χ0) is 15.7. The lowest BCUT2D eigenvalue weighted by atomic mass is 9.99. The summed E-state index contributed by atoms with van der Waals surface area (Å²) in [4.78, 5) is 13.3. The van der Waals surface area contributed by atoms with Gasteiger partial charge in [-0.05, 0) is 57.5 Å². The van der Waals surface area contributed by atoms with E-state index in [9.17, 15) is 4.79 Å². The number of ether oxygens (including phenoxy) is 1. The Morgan fingerprint density at radius 3 is 2.57 bits per heavy atom. The van der Waals surface area contributed by atoms with Gasteiger partial charge in [0.15, 0.2) is 0 Å². The molecule has 5 heteroatoms. The van der Waals surface area contributed by atoms with E-state index in [0.29, 0.717) is 6.61 Å². The van der Waals surface area contributed by atoms with E-state index in [1.807, 2.05) is 38.1 Å². The molecule has 1 aromatic rings. The Kier molecular flexibility index (Phi) is 8.15. The monoisotopic (exact) mass is 329 g/mol. The highest BCUT2D eigenvalue weighted by atomic mass is 35.5. The Balaban J connectivity index is 2.55. The highest BCUT2D eigenvalue weighted by Crippen LogP contribution is 2.24. The topological polar surface area (TPSA) is 38.3 Å². The van der Waals surface area contributed by atoms with E-state index < -0.39 is 5.54 Å². The fraction of sp³-hybridized carbons (Fsp3) is 0.562. The molecule has 1 unspecified atom stereocenters. The molecule has 1 aromatic carbocycles. The van der Waals surface area contributed by atoms with Crippen molar-refractivity contribution in [1.29, 1.82) is 0 Å². The zero-order valence-corrected chi connectivity index (χ0v) is 14.5. The third-order valence-electron chi connectivity index (χ3n) is 3.18. The van der Waals surface area contributed by atoms with Gasteiger partial charge >= 0.3 is 5.97 Å². The lowest BCUT2D eigenvalue weighted by Crippen LogP contribution is -2.51. The van der Waals surface area contributed by atoms with Crippen molar-refractivity contribution >= 4 is 29.3 Å². The highest BCUT2D eigenvalue weighted by Gasteiger charge is 2.33. The fourth-order valence-electron chi connectivity index (χ4n) is 1.86. The van der Waals surface area contributed by atoms with Gasteiger partial charge in [0.1, 0.15) is 5.54 Å². The molecule has 0 radical (unpaired) electrons. The van der Waals surface area contributed by atoms with Gasteiger partial charge in [0.25, 0.3) is 0 Å². The van der Waals surface area contributed by atoms with Crippen LogP contribution in [0.15, 0.2) is 29.2 Å². The van der Waals surface area contributed by atoms with Crippen LogP contribution in [0.2, 0.25) is 5.02 Å². The summed E-state index contributed by atoms with van der Waals surface area (Å²) in [7, 11) is 0. The zero-order valence-electron chi connectivity index (χ0n) is 12.9. The molecule has 118 valence electrons. The summed E-state index contributed by atoms with van der Waals surface area (Å²) in [5.41, 5.74) is -0.620. The second-order valence-corrected chi connectivity index (χ2v) is 6.64. The molecule has 0 spiro atoms. The number of nitrogens with one attached hydrogen (secondary N) is 1. The number of esters is 1. The molecule has 0 saturated heterocycles. The molecule has 0 heterocycles. The standard InChI is InChI=1S/C16H24ClNO2S/c1-4-11-18-16(3,15(19)20-5-2)10-12-21-14-8-6-13(17)7-9-14/h6-9,18H,4-5,10-12H2,1-3H3. The van der Waals surface area contributed by atoms with Crippen LogP contribution < -0.4 is 5.32 Å². The molecule has 1 rings (SSSR count). The summed E-state index contributed by atoms with van der Waals surface area (Å²) in [6.07, 6.45) is 1.71. The summed E-state index contributed by atoms with van der Waals surface area (Å²) in [5, 5.41) is 4.05. The van der Waals surface area contributed by atoms with Gasteiger partial charge in [-0.25, -0.2) is 0 Å². The summed E-state index contributed by atoms with van der Waals surface area (Å²) in [5.74, 6) is 0.670. The predicted octanol–water partition coefficient (Wildman–Crippen LogP) is 4.14. The minimum Gasteiger partial charge on any atom is -0.465 e. The molecule has 0 amide bonds. The Morgan fingerprint density at radius 1 is 1.33 bits per heavy atom. The minimum atomic E-state index is -0.620. The van der Waals surface area contributed by atoms with E-state index in [-0.39, 0.29) is 5.97 Å². The molecular weight excluding hydrogens is 306 g/mol. The molecule has 0 aliphatic rings. The van der Waals surface area contributed by atoms with Crippen molar-refractivity contribution in [3.05, 3.63) is 29.3 Å². The van der Waals surface area contributed by atoms with Gasteiger partial charge in [-0.3, -0.25) is 4.79 Å². The van der Waals surface area contributed by atoms with Gasteiger partial charge in [-0.2, -0.15) is 0 Å². The lowest BCUT2D eigenvalue weighted by Gasteiger charge is -2.28. The molecule has 0 aliphatic carbocycles. The van der Waals surface area contributed by atoms with Crippen LogP contribution in [0, 0.1) is 0 Å². The first-order valence-electron chi connectivity index (χ1n) is 7.32. The third-order valence-corrected chi connectivity index (χ3v) is 4.44. The van der Waals surface area contributed by atoms with Gasteiger partial charge in [0.2, 0.25) is 0 Å². The first-order chi connectivity index (χ1) is 10.0. The molecular formula is C16H24ClNO2S. The molecule has 1 atom stereocenters. The normalized spacial score (nSPS) is 13.7. The van der Waals surface area contributed by atoms with Crippen molar-refractivity contribution in [3.8, 4) is 0 Å². The maximum absolute atomic E-state index is 12.1. The highest BCUT2D eigenvalue weighted by molar-refractivity contribution is 7.99. The molecule has 21 heavy (non-hydrogen) atoms. The number of hydrogen-bond acceptors (Lipinski definition) is 4. The van der Waals surface area contributed by atoms with E-state index in [2.05, 4.69) is 12.2 Å². The van der Waals surface area contributed by atoms with E-state index in [1.165, 1.54) is 0 Å². The van der Waals surface area contributed by atoms with Crippen LogP contribution in [0.4, 0.5) is 0 Å². The second kappa shape index (κ2) is 9.34. The average Bonchev–Trinajstić information content (AvgIpc) is 2.47. The lowest BCUT2D eigenvalue weighted by molar-refractivity contribution is -0.150. The summed E-state index contributed by atoms with van der Waals surface area (Å²) in [6.45, 7) is 7.05. The molecule has 3 nitrogen and oxygen atoms in total. The van der Waals surface area contributed by atoms with Crippen molar-refractivity contribution < 1.29 is 9.53 Å². The Hall–Kier alpha value is -0.710. The van der Waals surface area contributed by atoms with E-state index >= 15 is 0 Å². The molecule has 0 aliphatic heterocycles. The Bertz CT molecular complexity index is 438. The van der Waals surface area contributed by atoms with Crippen LogP contribution in [-0.4, -0.2) is 30.4 Å². The largest absolute Gasteiger partial charge is 0.465 e. The van der Waals surface area contributed by atoms with Crippen LogP contribution in [-0.2, 0) is 9.53 Å². The summed E-state index contributed by atoms with van der Waals surface area (Å²) in [6, 6.07) is 7.75. The van der Waals surface area contributed by atoms with Crippen molar-refractivity contribution in [2.45, 2.75) is 44.0 Å². The number of benzene rings is 1. The van der Waals surface area contributed by atoms with Crippen LogP contribution in [0.25, 0.3) is 0 Å². The molecule has 0 bridgehead atoms. The van der Waals surface area contributed by atoms with Crippen LogP contribution in [0.3, 0.4) is 0 Å². The van der Waals surface area contributed by atoms with Crippen LogP contribution >= 0.6 is 23.4 Å². The van der Waals surface area contributed by atoms with E-state index in [4.69, 9.17) is 16.3 Å². The van der Waals surface area contributed by atoms with Crippen molar-refractivity contribution in [1.82, 2.24) is 5.32 Å². The first kappa shape index (κ1) is 18.3. The summed E-state index contributed by atoms with van der Waals surface area (Å²) >= 11 is 7.59. The number of carbonyl (C=O) groups is 1.